The fourth-order valence-corrected chi connectivity index (χ4v) is 4.45. The lowest BCUT2D eigenvalue weighted by Crippen LogP contribution is -2.49. The van der Waals surface area contributed by atoms with Crippen LogP contribution in [-0.4, -0.2) is 60.8 Å². The first-order chi connectivity index (χ1) is 16.6. The summed E-state index contributed by atoms with van der Waals surface area (Å²) in [6.45, 7) is 3.27. The number of nitrogens with zero attached hydrogens (tertiary/aromatic N) is 4. The van der Waals surface area contributed by atoms with Crippen LogP contribution in [0.15, 0.2) is 41.6 Å². The van der Waals surface area contributed by atoms with E-state index in [4.69, 9.17) is 21.1 Å². The Kier molecular flexibility index (Phi) is 6.98. The van der Waals surface area contributed by atoms with E-state index in [0.29, 0.717) is 28.9 Å². The summed E-state index contributed by atoms with van der Waals surface area (Å²) in [5, 5.41) is 14.6. The zero-order valence-electron chi connectivity index (χ0n) is 19.0. The third-order valence-corrected chi connectivity index (χ3v) is 6.41. The fourth-order valence-electron chi connectivity index (χ4n) is 4.23. The zero-order valence-corrected chi connectivity index (χ0v) is 19.8. The highest BCUT2D eigenvalue weighted by Gasteiger charge is 2.48. The van der Waals surface area contributed by atoms with E-state index in [9.17, 15) is 23.1 Å². The highest BCUT2D eigenvalue weighted by molar-refractivity contribution is 6.33. The topological polar surface area (TPSA) is 87.5 Å². The molecule has 0 saturated carbocycles. The molecule has 0 unspecified atom stereocenters. The molecule has 2 aliphatic heterocycles. The second-order valence-corrected chi connectivity index (χ2v) is 8.94. The number of rotatable bonds is 8. The molecule has 1 fully saturated rings. The smallest absolute Gasteiger partial charge is 0.431 e. The number of carboxylic acids is 1. The number of pyridine rings is 1. The number of alkyl halides is 3. The summed E-state index contributed by atoms with van der Waals surface area (Å²) < 4.78 is 51.0. The van der Waals surface area contributed by atoms with E-state index in [2.05, 4.69) is 15.0 Å². The van der Waals surface area contributed by atoms with Gasteiger partial charge in [-0.3, -0.25) is 9.80 Å². The molecule has 0 amide bonds. The van der Waals surface area contributed by atoms with Crippen LogP contribution in [-0.2, 0) is 4.79 Å². The number of aliphatic carboxylic acids is 1. The first-order valence-electron chi connectivity index (χ1n) is 10.9. The molecule has 0 radical (unpaired) electrons. The van der Waals surface area contributed by atoms with Gasteiger partial charge in [-0.15, -0.1) is 0 Å². The molecular weight excluding hydrogens is 489 g/mol. The van der Waals surface area contributed by atoms with Crippen molar-refractivity contribution in [3.05, 3.63) is 41.6 Å². The van der Waals surface area contributed by atoms with Crippen molar-refractivity contribution in [2.75, 3.05) is 36.7 Å². The second-order valence-electron chi connectivity index (χ2n) is 8.54. The van der Waals surface area contributed by atoms with Gasteiger partial charge in [-0.05, 0) is 24.3 Å². The van der Waals surface area contributed by atoms with Gasteiger partial charge in [0.25, 0.3) is 0 Å². The van der Waals surface area contributed by atoms with E-state index >= 15 is 0 Å². The first kappa shape index (κ1) is 24.9. The number of ether oxygens (including phenoxy) is 2. The number of hydrogen-bond acceptors (Lipinski definition) is 7. The van der Waals surface area contributed by atoms with Crippen molar-refractivity contribution in [2.24, 2.45) is 16.9 Å². The van der Waals surface area contributed by atoms with E-state index in [1.807, 2.05) is 0 Å². The molecule has 1 N–H and O–H groups in total. The molecule has 0 bridgehead atoms. The monoisotopic (exact) mass is 512 g/mol. The predicted octanol–water partition coefficient (Wildman–Crippen LogP) is 4.48. The maximum absolute atomic E-state index is 13.3. The van der Waals surface area contributed by atoms with Crippen LogP contribution < -0.4 is 19.4 Å². The minimum absolute atomic E-state index is 0.267. The lowest BCUT2D eigenvalue weighted by Gasteiger charge is -2.41. The van der Waals surface area contributed by atoms with Gasteiger partial charge in [0.05, 0.1) is 48.8 Å². The van der Waals surface area contributed by atoms with Gasteiger partial charge >= 0.3 is 12.1 Å². The number of benzene rings is 1. The molecular formula is C23H24ClF3N4O4. The highest BCUT2D eigenvalue weighted by Crippen LogP contribution is 2.37. The lowest BCUT2D eigenvalue weighted by molar-refractivity contribution is -0.137. The van der Waals surface area contributed by atoms with Gasteiger partial charge in [0.2, 0.25) is 5.88 Å². The molecule has 12 heteroatoms. The Morgan fingerprint density at radius 2 is 1.94 bits per heavy atom. The zero-order chi connectivity index (χ0) is 25.3. The van der Waals surface area contributed by atoms with E-state index in [-0.39, 0.29) is 5.92 Å². The summed E-state index contributed by atoms with van der Waals surface area (Å²) in [7, 11) is 1.54. The van der Waals surface area contributed by atoms with Crippen molar-refractivity contribution in [2.45, 2.75) is 25.6 Å². The van der Waals surface area contributed by atoms with E-state index in [1.54, 1.807) is 36.5 Å². The van der Waals surface area contributed by atoms with Gasteiger partial charge in [0.15, 0.2) is 0 Å². The van der Waals surface area contributed by atoms with Crippen molar-refractivity contribution >= 4 is 34.7 Å². The fraction of sp³-hybridized carbons (Fsp3) is 0.435. The summed E-state index contributed by atoms with van der Waals surface area (Å²) in [6, 6.07) is 7.28. The van der Waals surface area contributed by atoms with Crippen molar-refractivity contribution < 1.29 is 32.5 Å². The van der Waals surface area contributed by atoms with E-state index < -0.39 is 36.2 Å². The number of aromatic nitrogens is 1. The van der Waals surface area contributed by atoms with Crippen molar-refractivity contribution in [1.82, 2.24) is 4.98 Å². The molecule has 0 aliphatic carbocycles. The predicted molar refractivity (Wildman–Crippen MR) is 125 cm³/mol. The van der Waals surface area contributed by atoms with Crippen LogP contribution in [0, 0.1) is 11.8 Å². The third-order valence-electron chi connectivity index (χ3n) is 6.12. The van der Waals surface area contributed by atoms with Crippen LogP contribution in [0.1, 0.15) is 13.3 Å². The summed E-state index contributed by atoms with van der Waals surface area (Å²) in [6.07, 6.45) is -3.55. The van der Waals surface area contributed by atoms with Crippen LogP contribution >= 0.6 is 11.6 Å². The SMILES string of the molecule is COc1cc(N2CC(COc3ccc(N4N=C(C(F)(F)F)[C@@H](C)[C@@H]4CC(=O)O)cc3)C2)c(Cl)cn1. The average molecular weight is 513 g/mol. The maximum atomic E-state index is 13.3. The molecule has 3 heterocycles. The normalized spacial score (nSPS) is 20.5. The van der Waals surface area contributed by atoms with Crippen LogP contribution in [0.5, 0.6) is 11.6 Å². The second kappa shape index (κ2) is 9.80. The Balaban J connectivity index is 1.36. The third kappa shape index (κ3) is 5.39. The van der Waals surface area contributed by atoms with Gasteiger partial charge in [-0.1, -0.05) is 18.5 Å². The number of methoxy groups -OCH3 is 1. The summed E-state index contributed by atoms with van der Waals surface area (Å²) in [5.41, 5.74) is 0.227. The number of hydrazone groups is 1. The summed E-state index contributed by atoms with van der Waals surface area (Å²) in [5.74, 6) is -0.959. The van der Waals surface area contributed by atoms with Crippen molar-refractivity contribution in [1.29, 1.82) is 0 Å². The molecule has 8 nitrogen and oxygen atoms in total. The Morgan fingerprint density at radius 1 is 1.26 bits per heavy atom. The van der Waals surface area contributed by atoms with Gasteiger partial charge in [-0.2, -0.15) is 18.3 Å². The van der Waals surface area contributed by atoms with Crippen LogP contribution in [0.3, 0.4) is 0 Å². The lowest BCUT2D eigenvalue weighted by atomic mass is 9.94. The Bertz CT molecular complexity index is 1110. The maximum Gasteiger partial charge on any atom is 0.431 e. The van der Waals surface area contributed by atoms with Gasteiger partial charge in [-0.25, -0.2) is 4.98 Å². The minimum atomic E-state index is -4.63. The average Bonchev–Trinajstić information content (AvgIpc) is 3.10. The minimum Gasteiger partial charge on any atom is -0.493 e. The van der Waals surface area contributed by atoms with E-state index in [0.717, 1.165) is 23.8 Å². The number of carboxylic acid groups (broad SMARTS) is 1. The Hall–Kier alpha value is -3.21. The van der Waals surface area contributed by atoms with E-state index in [1.165, 1.54) is 14.0 Å². The van der Waals surface area contributed by atoms with Crippen molar-refractivity contribution in [3.63, 3.8) is 0 Å². The van der Waals surface area contributed by atoms with Crippen LogP contribution in [0.4, 0.5) is 24.5 Å². The molecule has 2 atom stereocenters. The van der Waals surface area contributed by atoms with Crippen LogP contribution in [0.2, 0.25) is 5.02 Å². The summed E-state index contributed by atoms with van der Waals surface area (Å²) >= 11 is 6.23. The molecule has 1 aromatic heterocycles. The Labute approximate surface area is 204 Å². The molecule has 4 rings (SSSR count). The quantitative estimate of drug-likeness (QED) is 0.558. The largest absolute Gasteiger partial charge is 0.493 e. The number of carbonyl (C=O) groups is 1. The number of hydrogen-bond donors (Lipinski definition) is 1. The molecule has 35 heavy (non-hydrogen) atoms. The van der Waals surface area contributed by atoms with Crippen molar-refractivity contribution in [3.8, 4) is 11.6 Å². The van der Waals surface area contributed by atoms with Gasteiger partial charge in [0.1, 0.15) is 11.5 Å². The Morgan fingerprint density at radius 3 is 2.54 bits per heavy atom. The standard InChI is InChI=1S/C23H24ClF3N4O4/c1-13-18(8-21(32)33)31(29-22(13)23(25,26)27)15-3-5-16(6-4-15)35-12-14-10-30(11-14)19-7-20(34-2)28-9-17(19)24/h3-7,9,13-14,18H,8,10-12H2,1-2H3,(H,32,33)/t13-,18-/m0/s1. The molecule has 0 spiro atoms. The summed E-state index contributed by atoms with van der Waals surface area (Å²) in [4.78, 5) is 17.4. The van der Waals surface area contributed by atoms with Gasteiger partial charge < -0.3 is 19.5 Å². The molecule has 188 valence electrons. The number of anilines is 2. The molecule has 1 aromatic carbocycles. The molecule has 2 aliphatic rings. The van der Waals surface area contributed by atoms with Gasteiger partial charge in [0, 0.05) is 31.0 Å². The highest BCUT2D eigenvalue weighted by atomic mass is 35.5. The first-order valence-corrected chi connectivity index (χ1v) is 11.3. The van der Waals surface area contributed by atoms with Crippen LogP contribution in [0.25, 0.3) is 0 Å². The molecule has 2 aromatic rings. The number of halogens is 4. The molecule has 1 saturated heterocycles.